The van der Waals surface area contributed by atoms with Gasteiger partial charge in [-0.25, -0.2) is 0 Å². The van der Waals surface area contributed by atoms with Gasteiger partial charge in [-0.2, -0.15) is 0 Å². The van der Waals surface area contributed by atoms with Gasteiger partial charge < -0.3 is 4.74 Å². The van der Waals surface area contributed by atoms with E-state index in [2.05, 4.69) is 12.2 Å². The lowest BCUT2D eigenvalue weighted by Gasteiger charge is -2.25. The quantitative estimate of drug-likeness (QED) is 0.314. The molecule has 3 rings (SSSR count). The average Bonchev–Trinajstić information content (AvgIpc) is 2.66. The van der Waals surface area contributed by atoms with Crippen LogP contribution in [0.15, 0.2) is 12.2 Å². The van der Waals surface area contributed by atoms with Crippen molar-refractivity contribution < 1.29 is 14.3 Å². The maximum atomic E-state index is 11.5. The molecule has 3 nitrogen and oxygen atoms in total. The molecule has 1 aliphatic heterocycles. The Morgan fingerprint density at radius 2 is 2.23 bits per heavy atom. The van der Waals surface area contributed by atoms with E-state index in [1.54, 1.807) is 0 Å². The molecule has 2 bridgehead atoms. The van der Waals surface area contributed by atoms with E-state index < -0.39 is 5.41 Å². The molecule has 0 N–H and O–H groups in total. The zero-order valence-electron chi connectivity index (χ0n) is 7.32. The molecule has 0 aromatic rings. The van der Waals surface area contributed by atoms with Crippen LogP contribution in [-0.2, 0) is 14.3 Å². The van der Waals surface area contributed by atoms with E-state index in [9.17, 15) is 9.59 Å². The minimum Gasteiger partial charge on any atom is -0.392 e. The summed E-state index contributed by atoms with van der Waals surface area (Å²) in [5, 5.41) is 0. The molecular weight excluding hydrogens is 168 g/mol. The highest BCUT2D eigenvalue weighted by molar-refractivity contribution is 6.00. The Bertz CT molecular complexity index is 344. The average molecular weight is 178 g/mol. The third-order valence-electron chi connectivity index (χ3n) is 3.85. The maximum Gasteiger partial charge on any atom is 0.320 e. The third kappa shape index (κ3) is 0.598. The highest BCUT2D eigenvalue weighted by Gasteiger charge is 2.66. The molecule has 2 fully saturated rings. The Kier molecular flexibility index (Phi) is 1.05. The monoisotopic (exact) mass is 178 g/mol. The first-order valence-electron chi connectivity index (χ1n) is 4.58. The Labute approximate surface area is 75.8 Å². The fraction of sp³-hybridized carbons (Fsp3) is 0.600. The molecule has 2 aliphatic carbocycles. The number of cyclic esters (lactones) is 2. The van der Waals surface area contributed by atoms with E-state index in [0.29, 0.717) is 0 Å². The summed E-state index contributed by atoms with van der Waals surface area (Å²) in [5.74, 6) is -0.367. The third-order valence-corrected chi connectivity index (χ3v) is 3.85. The van der Waals surface area contributed by atoms with Crippen molar-refractivity contribution in [3.05, 3.63) is 12.2 Å². The van der Waals surface area contributed by atoms with Crippen LogP contribution in [0, 0.1) is 23.2 Å². The van der Waals surface area contributed by atoms with Gasteiger partial charge in [-0.1, -0.05) is 12.2 Å². The van der Waals surface area contributed by atoms with Gasteiger partial charge >= 0.3 is 11.9 Å². The molecule has 0 aromatic heterocycles. The smallest absolute Gasteiger partial charge is 0.320 e. The Hall–Kier alpha value is -1.12. The van der Waals surface area contributed by atoms with Crippen molar-refractivity contribution in [3.63, 3.8) is 0 Å². The van der Waals surface area contributed by atoms with E-state index >= 15 is 0 Å². The summed E-state index contributed by atoms with van der Waals surface area (Å²) in [4.78, 5) is 22.9. The van der Waals surface area contributed by atoms with Gasteiger partial charge in [0.05, 0.1) is 11.3 Å². The summed E-state index contributed by atoms with van der Waals surface area (Å²) in [6.45, 7) is 1.86. The van der Waals surface area contributed by atoms with Gasteiger partial charge in [0.2, 0.25) is 0 Å². The Morgan fingerprint density at radius 3 is 2.92 bits per heavy atom. The molecule has 0 aromatic carbocycles. The molecule has 0 amide bonds. The van der Waals surface area contributed by atoms with E-state index in [4.69, 9.17) is 4.74 Å². The molecule has 0 unspecified atom stereocenters. The molecule has 0 radical (unpaired) electrons. The highest BCUT2D eigenvalue weighted by atomic mass is 16.6. The van der Waals surface area contributed by atoms with Crippen molar-refractivity contribution in [1.29, 1.82) is 0 Å². The van der Waals surface area contributed by atoms with Crippen LogP contribution in [0.5, 0.6) is 0 Å². The molecule has 3 heteroatoms. The predicted octanol–water partition coefficient (Wildman–Crippen LogP) is 0.898. The summed E-state index contributed by atoms with van der Waals surface area (Å²) in [6, 6.07) is 0. The van der Waals surface area contributed by atoms with Crippen LogP contribution in [0.25, 0.3) is 0 Å². The number of allylic oxidation sites excluding steroid dienone is 2. The van der Waals surface area contributed by atoms with Gasteiger partial charge in [0.25, 0.3) is 0 Å². The van der Waals surface area contributed by atoms with E-state index in [1.165, 1.54) is 0 Å². The second kappa shape index (κ2) is 1.86. The molecule has 1 saturated carbocycles. The number of fused-ring (bicyclic) bond motifs is 5. The molecule has 1 heterocycles. The molecule has 13 heavy (non-hydrogen) atoms. The van der Waals surface area contributed by atoms with Gasteiger partial charge in [-0.15, -0.1) is 0 Å². The van der Waals surface area contributed by atoms with E-state index in [1.807, 2.05) is 6.92 Å². The summed E-state index contributed by atoms with van der Waals surface area (Å²) in [7, 11) is 0. The standard InChI is InChI=1S/C10H10O3/c1-10-6-3-2-5(4-6)7(10)8(11)13-9(10)12/h2-3,5-7H,4H2,1H3/t5-,6-,7-,10+/m0/s1. The first-order chi connectivity index (χ1) is 6.14. The predicted molar refractivity (Wildman–Crippen MR) is 43.4 cm³/mol. The molecule has 3 aliphatic rings. The zero-order valence-corrected chi connectivity index (χ0v) is 7.32. The summed E-state index contributed by atoms with van der Waals surface area (Å²) >= 11 is 0. The fourth-order valence-corrected chi connectivity index (χ4v) is 3.06. The summed E-state index contributed by atoms with van der Waals surface area (Å²) in [6.07, 6.45) is 5.06. The minimum absolute atomic E-state index is 0.199. The van der Waals surface area contributed by atoms with Crippen LogP contribution in [0.3, 0.4) is 0 Å². The first kappa shape index (κ1) is 7.30. The van der Waals surface area contributed by atoms with Gasteiger partial charge in [0, 0.05) is 0 Å². The lowest BCUT2D eigenvalue weighted by molar-refractivity contribution is -0.156. The molecular formula is C10H10O3. The first-order valence-corrected chi connectivity index (χ1v) is 4.58. The number of carbonyl (C=O) groups is 2. The van der Waals surface area contributed by atoms with Crippen molar-refractivity contribution in [1.82, 2.24) is 0 Å². The lowest BCUT2D eigenvalue weighted by Crippen LogP contribution is -2.34. The molecule has 68 valence electrons. The van der Waals surface area contributed by atoms with Crippen LogP contribution in [0.1, 0.15) is 13.3 Å². The van der Waals surface area contributed by atoms with Crippen LogP contribution < -0.4 is 0 Å². The number of esters is 2. The van der Waals surface area contributed by atoms with Gasteiger partial charge in [0.15, 0.2) is 0 Å². The van der Waals surface area contributed by atoms with Crippen LogP contribution in [-0.4, -0.2) is 11.9 Å². The second-order valence-corrected chi connectivity index (χ2v) is 4.36. The van der Waals surface area contributed by atoms with Crippen molar-refractivity contribution in [2.75, 3.05) is 0 Å². The number of ether oxygens (including phenoxy) is 1. The van der Waals surface area contributed by atoms with Crippen LogP contribution >= 0.6 is 0 Å². The van der Waals surface area contributed by atoms with Crippen molar-refractivity contribution in [2.45, 2.75) is 13.3 Å². The van der Waals surface area contributed by atoms with Gasteiger partial charge in [-0.05, 0) is 25.2 Å². The second-order valence-electron chi connectivity index (χ2n) is 4.36. The number of hydrogen-bond donors (Lipinski definition) is 0. The van der Waals surface area contributed by atoms with Crippen LogP contribution in [0.4, 0.5) is 0 Å². The van der Waals surface area contributed by atoms with Crippen molar-refractivity contribution in [2.24, 2.45) is 23.2 Å². The number of carbonyl (C=O) groups excluding carboxylic acids is 2. The summed E-state index contributed by atoms with van der Waals surface area (Å²) < 4.78 is 4.69. The number of rotatable bonds is 0. The van der Waals surface area contributed by atoms with Gasteiger partial charge in [0.1, 0.15) is 0 Å². The molecule has 0 spiro atoms. The highest BCUT2D eigenvalue weighted by Crippen LogP contribution is 2.59. The van der Waals surface area contributed by atoms with E-state index in [-0.39, 0.29) is 29.7 Å². The van der Waals surface area contributed by atoms with Crippen molar-refractivity contribution in [3.8, 4) is 0 Å². The summed E-state index contributed by atoms with van der Waals surface area (Å²) in [5.41, 5.74) is -0.545. The largest absolute Gasteiger partial charge is 0.392 e. The van der Waals surface area contributed by atoms with Crippen molar-refractivity contribution >= 4 is 11.9 Å². The topological polar surface area (TPSA) is 43.4 Å². The minimum atomic E-state index is -0.545. The van der Waals surface area contributed by atoms with Gasteiger partial charge in [-0.3, -0.25) is 9.59 Å². The lowest BCUT2D eigenvalue weighted by atomic mass is 9.72. The fourth-order valence-electron chi connectivity index (χ4n) is 3.06. The SMILES string of the molecule is C[C@]12C(=O)OC(=O)[C@@H]1[C@H]1C=C[C@H]2C1. The zero-order chi connectivity index (χ0) is 9.22. The molecule has 4 atom stereocenters. The molecule has 1 saturated heterocycles. The normalized spacial score (nSPS) is 51.3. The Balaban J connectivity index is 2.17. The maximum absolute atomic E-state index is 11.5. The van der Waals surface area contributed by atoms with Crippen LogP contribution in [0.2, 0.25) is 0 Å². The van der Waals surface area contributed by atoms with E-state index in [0.717, 1.165) is 6.42 Å². The number of hydrogen-bond acceptors (Lipinski definition) is 3. The Morgan fingerprint density at radius 1 is 1.46 bits per heavy atom.